The second-order valence-corrected chi connectivity index (χ2v) is 8.86. The smallest absolute Gasteiger partial charge is 0.272 e. The fourth-order valence-corrected chi connectivity index (χ4v) is 4.08. The Balaban J connectivity index is 1.64. The van der Waals surface area contributed by atoms with E-state index in [4.69, 9.17) is 0 Å². The number of hydrogen-bond donors (Lipinski definition) is 2. The van der Waals surface area contributed by atoms with Crippen molar-refractivity contribution in [2.75, 3.05) is 6.26 Å². The Morgan fingerprint density at radius 3 is 2.60 bits per heavy atom. The molecule has 0 radical (unpaired) electrons. The molecule has 0 saturated carbocycles. The Bertz CT molecular complexity index is 1310. The van der Waals surface area contributed by atoms with E-state index in [-0.39, 0.29) is 16.9 Å². The lowest BCUT2D eigenvalue weighted by Crippen LogP contribution is -2.29. The third-order valence-corrected chi connectivity index (χ3v) is 5.74. The van der Waals surface area contributed by atoms with Crippen molar-refractivity contribution in [1.82, 2.24) is 24.7 Å². The lowest BCUT2D eigenvalue weighted by molar-refractivity contribution is 0.0930. The summed E-state index contributed by atoms with van der Waals surface area (Å²) in [6, 6.07) is 14.5. The van der Waals surface area contributed by atoms with Gasteiger partial charge in [-0.2, -0.15) is 0 Å². The lowest BCUT2D eigenvalue weighted by atomic mass is 10.2. The first kappa shape index (κ1) is 19.8. The molecule has 3 heterocycles. The molecule has 154 valence electrons. The Hall–Kier alpha value is -3.46. The Kier molecular flexibility index (Phi) is 5.13. The van der Waals surface area contributed by atoms with Gasteiger partial charge in [-0.25, -0.2) is 18.4 Å². The standard InChI is InChI=1S/C21H21N5O3S/c1-3-15(19-22-13-16(23-19)14-9-5-4-6-10-14)24-20(27)18-17-11-7-8-12-26(17)21(25-18)30(2,28)29/h4-13,15H,3H2,1-2H3,(H,22,23)(H,24,27). The number of imidazole rings is 2. The van der Waals surface area contributed by atoms with E-state index >= 15 is 0 Å². The average Bonchev–Trinajstić information content (AvgIpc) is 3.38. The third-order valence-electron chi connectivity index (χ3n) is 4.79. The molecule has 0 aliphatic rings. The zero-order chi connectivity index (χ0) is 21.3. The van der Waals surface area contributed by atoms with E-state index in [0.717, 1.165) is 17.5 Å². The highest BCUT2D eigenvalue weighted by molar-refractivity contribution is 7.90. The number of sulfone groups is 1. The monoisotopic (exact) mass is 423 g/mol. The highest BCUT2D eigenvalue weighted by Gasteiger charge is 2.25. The van der Waals surface area contributed by atoms with Crippen LogP contribution < -0.4 is 5.32 Å². The van der Waals surface area contributed by atoms with Gasteiger partial charge in [-0.15, -0.1) is 0 Å². The summed E-state index contributed by atoms with van der Waals surface area (Å²) in [5, 5.41) is 2.75. The SMILES string of the molecule is CCC(NC(=O)c1nc(S(C)(=O)=O)n2ccccc12)c1ncc(-c2ccccc2)[nH]1. The number of carbonyl (C=O) groups excluding carboxylic acids is 1. The van der Waals surface area contributed by atoms with E-state index in [1.807, 2.05) is 37.3 Å². The second-order valence-electron chi connectivity index (χ2n) is 6.95. The van der Waals surface area contributed by atoms with Crippen LogP contribution in [0.1, 0.15) is 35.7 Å². The van der Waals surface area contributed by atoms with Gasteiger partial charge < -0.3 is 10.3 Å². The van der Waals surface area contributed by atoms with Gasteiger partial charge in [0.05, 0.1) is 23.4 Å². The van der Waals surface area contributed by atoms with E-state index in [1.165, 1.54) is 4.40 Å². The van der Waals surface area contributed by atoms with Crippen molar-refractivity contribution in [3.8, 4) is 11.3 Å². The van der Waals surface area contributed by atoms with Crippen molar-refractivity contribution < 1.29 is 13.2 Å². The van der Waals surface area contributed by atoms with Gasteiger partial charge in [-0.05, 0) is 24.1 Å². The quantitative estimate of drug-likeness (QED) is 0.495. The summed E-state index contributed by atoms with van der Waals surface area (Å²) < 4.78 is 25.6. The van der Waals surface area contributed by atoms with Crippen molar-refractivity contribution in [3.63, 3.8) is 0 Å². The van der Waals surface area contributed by atoms with Gasteiger partial charge in [0.15, 0.2) is 5.69 Å². The number of pyridine rings is 1. The molecule has 1 unspecified atom stereocenters. The van der Waals surface area contributed by atoms with Gasteiger partial charge in [-0.1, -0.05) is 43.3 Å². The van der Waals surface area contributed by atoms with Crippen LogP contribution >= 0.6 is 0 Å². The van der Waals surface area contributed by atoms with Crippen LogP contribution in [0.2, 0.25) is 0 Å². The first-order valence-electron chi connectivity index (χ1n) is 9.47. The highest BCUT2D eigenvalue weighted by Crippen LogP contribution is 2.22. The first-order chi connectivity index (χ1) is 14.4. The van der Waals surface area contributed by atoms with Gasteiger partial charge in [0.25, 0.3) is 5.91 Å². The molecule has 3 aromatic heterocycles. The summed E-state index contributed by atoms with van der Waals surface area (Å²) in [5.41, 5.74) is 2.33. The zero-order valence-electron chi connectivity index (χ0n) is 16.5. The largest absolute Gasteiger partial charge is 0.341 e. The molecule has 2 N–H and O–H groups in total. The number of aromatic amines is 1. The molecule has 0 aliphatic carbocycles. The molecule has 0 spiro atoms. The number of benzene rings is 1. The van der Waals surface area contributed by atoms with Crippen molar-refractivity contribution in [1.29, 1.82) is 0 Å². The number of aromatic nitrogens is 4. The number of carbonyl (C=O) groups is 1. The average molecular weight is 423 g/mol. The fraction of sp³-hybridized carbons (Fsp3) is 0.190. The van der Waals surface area contributed by atoms with Crippen LogP contribution in [0.25, 0.3) is 16.8 Å². The predicted octanol–water partition coefficient (Wildman–Crippen LogP) is 3.01. The van der Waals surface area contributed by atoms with Crippen LogP contribution in [0.5, 0.6) is 0 Å². The van der Waals surface area contributed by atoms with E-state index in [2.05, 4.69) is 20.3 Å². The molecular formula is C21H21N5O3S. The van der Waals surface area contributed by atoms with Crippen LogP contribution in [-0.2, 0) is 9.84 Å². The summed E-state index contributed by atoms with van der Waals surface area (Å²) in [6.45, 7) is 1.93. The molecule has 0 aliphatic heterocycles. The minimum absolute atomic E-state index is 0.0595. The van der Waals surface area contributed by atoms with Gasteiger partial charge in [-0.3, -0.25) is 9.20 Å². The maximum atomic E-state index is 13.0. The van der Waals surface area contributed by atoms with Gasteiger partial charge in [0, 0.05) is 12.5 Å². The molecule has 0 fully saturated rings. The van der Waals surface area contributed by atoms with Crippen LogP contribution in [0.15, 0.2) is 66.1 Å². The predicted molar refractivity (Wildman–Crippen MR) is 113 cm³/mol. The van der Waals surface area contributed by atoms with Gasteiger partial charge in [0.2, 0.25) is 15.0 Å². The summed E-state index contributed by atoms with van der Waals surface area (Å²) in [6.07, 6.45) is 4.97. The van der Waals surface area contributed by atoms with Crippen LogP contribution in [-0.4, -0.2) is 39.9 Å². The molecule has 0 saturated heterocycles. The van der Waals surface area contributed by atoms with Crippen molar-refractivity contribution in [2.24, 2.45) is 0 Å². The summed E-state index contributed by atoms with van der Waals surface area (Å²) in [5.74, 6) is 0.162. The molecule has 8 nitrogen and oxygen atoms in total. The summed E-state index contributed by atoms with van der Waals surface area (Å²) in [4.78, 5) is 24.8. The molecule has 1 amide bonds. The third kappa shape index (κ3) is 3.71. The Morgan fingerprint density at radius 1 is 1.17 bits per heavy atom. The lowest BCUT2D eigenvalue weighted by Gasteiger charge is -2.14. The van der Waals surface area contributed by atoms with Crippen LogP contribution in [0.4, 0.5) is 0 Å². The van der Waals surface area contributed by atoms with E-state index in [0.29, 0.717) is 17.8 Å². The number of H-pyrrole nitrogens is 1. The molecule has 4 aromatic rings. The van der Waals surface area contributed by atoms with Crippen LogP contribution in [0, 0.1) is 0 Å². The minimum Gasteiger partial charge on any atom is -0.341 e. The van der Waals surface area contributed by atoms with Gasteiger partial charge >= 0.3 is 0 Å². The molecule has 0 bridgehead atoms. The molecule has 9 heteroatoms. The summed E-state index contributed by atoms with van der Waals surface area (Å²) in [7, 11) is -3.60. The maximum Gasteiger partial charge on any atom is 0.272 e. The molecule has 30 heavy (non-hydrogen) atoms. The second kappa shape index (κ2) is 7.75. The minimum atomic E-state index is -3.60. The summed E-state index contributed by atoms with van der Waals surface area (Å²) >= 11 is 0. The zero-order valence-corrected chi connectivity index (χ0v) is 17.3. The number of nitrogens with zero attached hydrogens (tertiary/aromatic N) is 3. The number of fused-ring (bicyclic) bond motifs is 1. The Morgan fingerprint density at radius 2 is 1.90 bits per heavy atom. The van der Waals surface area contributed by atoms with E-state index in [1.54, 1.807) is 30.6 Å². The number of amides is 1. The normalized spacial score (nSPS) is 12.7. The number of hydrogen-bond acceptors (Lipinski definition) is 5. The molecule has 4 rings (SSSR count). The van der Waals surface area contributed by atoms with E-state index < -0.39 is 15.7 Å². The highest BCUT2D eigenvalue weighted by atomic mass is 32.2. The van der Waals surface area contributed by atoms with Gasteiger partial charge in [0.1, 0.15) is 5.82 Å². The fourth-order valence-electron chi connectivity index (χ4n) is 3.31. The number of rotatable bonds is 6. The number of nitrogens with one attached hydrogen (secondary N) is 2. The molecular weight excluding hydrogens is 402 g/mol. The Labute approximate surface area is 173 Å². The van der Waals surface area contributed by atoms with Crippen molar-refractivity contribution in [3.05, 3.63) is 72.4 Å². The molecule has 1 aromatic carbocycles. The van der Waals surface area contributed by atoms with Crippen LogP contribution in [0.3, 0.4) is 0 Å². The molecule has 1 atom stereocenters. The first-order valence-corrected chi connectivity index (χ1v) is 11.4. The van der Waals surface area contributed by atoms with Crippen molar-refractivity contribution in [2.45, 2.75) is 24.5 Å². The van der Waals surface area contributed by atoms with Crippen molar-refractivity contribution >= 4 is 21.3 Å². The topological polar surface area (TPSA) is 109 Å². The maximum absolute atomic E-state index is 13.0. The van der Waals surface area contributed by atoms with E-state index in [9.17, 15) is 13.2 Å².